The molecule has 7 nitrogen and oxygen atoms in total. The molecule has 0 heterocycles. The SMILES string of the molecule is Nc1ccc([N+](=O)[O-])c(S(=O)(=O)Nc2ccccc2F)c1. The summed E-state index contributed by atoms with van der Waals surface area (Å²) in [6, 6.07) is 8.20. The fraction of sp³-hybridized carbons (Fsp3) is 0. The third kappa shape index (κ3) is 3.08. The van der Waals surface area contributed by atoms with Gasteiger partial charge in [-0.15, -0.1) is 0 Å². The average molecular weight is 311 g/mol. The standard InChI is InChI=1S/C12H10FN3O4S/c13-9-3-1-2-4-10(9)15-21(19,20)12-7-8(14)5-6-11(12)16(17)18/h1-7,15H,14H2. The zero-order chi connectivity index (χ0) is 15.6. The largest absolute Gasteiger partial charge is 0.399 e. The number of hydrogen-bond acceptors (Lipinski definition) is 5. The van der Waals surface area contributed by atoms with E-state index in [2.05, 4.69) is 0 Å². The van der Waals surface area contributed by atoms with Crippen LogP contribution in [0.15, 0.2) is 47.4 Å². The molecule has 0 aliphatic carbocycles. The molecular formula is C12H10FN3O4S. The van der Waals surface area contributed by atoms with Gasteiger partial charge in [-0.2, -0.15) is 0 Å². The van der Waals surface area contributed by atoms with E-state index in [9.17, 15) is 22.9 Å². The number of sulfonamides is 1. The van der Waals surface area contributed by atoms with Crippen LogP contribution in [0.25, 0.3) is 0 Å². The Bertz CT molecular complexity index is 808. The lowest BCUT2D eigenvalue weighted by atomic mass is 10.3. The number of anilines is 2. The predicted octanol–water partition coefficient (Wildman–Crippen LogP) is 2.12. The molecule has 9 heteroatoms. The second-order valence-electron chi connectivity index (χ2n) is 4.07. The first-order chi connectivity index (χ1) is 9.81. The van der Waals surface area contributed by atoms with Crippen molar-refractivity contribution in [1.29, 1.82) is 0 Å². The van der Waals surface area contributed by atoms with Gasteiger partial charge >= 0.3 is 0 Å². The molecule has 0 fully saturated rings. The van der Waals surface area contributed by atoms with Gasteiger partial charge in [0.1, 0.15) is 5.82 Å². The zero-order valence-electron chi connectivity index (χ0n) is 10.5. The lowest BCUT2D eigenvalue weighted by molar-refractivity contribution is -0.387. The Morgan fingerprint density at radius 2 is 1.86 bits per heavy atom. The normalized spacial score (nSPS) is 11.1. The monoisotopic (exact) mass is 311 g/mol. The van der Waals surface area contributed by atoms with Gasteiger partial charge in [0.05, 0.1) is 10.6 Å². The summed E-state index contributed by atoms with van der Waals surface area (Å²) >= 11 is 0. The molecule has 0 saturated carbocycles. The van der Waals surface area contributed by atoms with Gasteiger partial charge in [-0.25, -0.2) is 12.8 Å². The molecule has 21 heavy (non-hydrogen) atoms. The summed E-state index contributed by atoms with van der Waals surface area (Å²) in [5, 5.41) is 10.9. The number of benzene rings is 2. The van der Waals surface area contributed by atoms with Gasteiger partial charge in [0, 0.05) is 11.8 Å². The second-order valence-corrected chi connectivity index (χ2v) is 5.72. The van der Waals surface area contributed by atoms with Gasteiger partial charge in [0.15, 0.2) is 4.90 Å². The van der Waals surface area contributed by atoms with Crippen molar-refractivity contribution < 1.29 is 17.7 Å². The zero-order valence-corrected chi connectivity index (χ0v) is 11.3. The molecule has 0 amide bonds. The number of nitrogen functional groups attached to an aromatic ring is 1. The number of halogens is 1. The Kier molecular flexibility index (Phi) is 3.76. The highest BCUT2D eigenvalue weighted by atomic mass is 32.2. The summed E-state index contributed by atoms with van der Waals surface area (Å²) in [7, 11) is -4.35. The van der Waals surface area contributed by atoms with Crippen LogP contribution in [0.4, 0.5) is 21.5 Å². The van der Waals surface area contributed by atoms with E-state index in [0.29, 0.717) is 0 Å². The molecule has 0 aliphatic rings. The second kappa shape index (κ2) is 5.37. The van der Waals surface area contributed by atoms with E-state index in [1.54, 1.807) is 0 Å². The Balaban J connectivity index is 2.52. The highest BCUT2D eigenvalue weighted by Gasteiger charge is 2.26. The van der Waals surface area contributed by atoms with Crippen LogP contribution in [0.1, 0.15) is 0 Å². The Morgan fingerprint density at radius 3 is 2.48 bits per heavy atom. The van der Waals surface area contributed by atoms with Crippen LogP contribution < -0.4 is 10.5 Å². The first kappa shape index (κ1) is 14.7. The maximum absolute atomic E-state index is 13.5. The molecule has 3 N–H and O–H groups in total. The number of nitrogens with one attached hydrogen (secondary N) is 1. The average Bonchev–Trinajstić information content (AvgIpc) is 2.41. The van der Waals surface area contributed by atoms with Gasteiger partial charge in [0.2, 0.25) is 0 Å². The number of nitrogens with two attached hydrogens (primary N) is 1. The molecule has 2 rings (SSSR count). The molecule has 0 spiro atoms. The lowest BCUT2D eigenvalue weighted by Crippen LogP contribution is -2.16. The van der Waals surface area contributed by atoms with E-state index >= 15 is 0 Å². The lowest BCUT2D eigenvalue weighted by Gasteiger charge is -2.09. The van der Waals surface area contributed by atoms with Crippen LogP contribution in [0.5, 0.6) is 0 Å². The maximum atomic E-state index is 13.5. The molecule has 0 aromatic heterocycles. The fourth-order valence-electron chi connectivity index (χ4n) is 1.64. The smallest absolute Gasteiger partial charge is 0.290 e. The number of nitrogens with zero attached hydrogens (tertiary/aromatic N) is 1. The quantitative estimate of drug-likeness (QED) is 0.510. The van der Waals surface area contributed by atoms with Crippen LogP contribution in [0, 0.1) is 15.9 Å². The topological polar surface area (TPSA) is 115 Å². The highest BCUT2D eigenvalue weighted by molar-refractivity contribution is 7.92. The van der Waals surface area contributed by atoms with Gasteiger partial charge < -0.3 is 5.73 Å². The van der Waals surface area contributed by atoms with Crippen molar-refractivity contribution in [3.8, 4) is 0 Å². The molecule has 0 unspecified atom stereocenters. The van der Waals surface area contributed by atoms with E-state index in [0.717, 1.165) is 18.2 Å². The number of hydrogen-bond donors (Lipinski definition) is 2. The summed E-state index contributed by atoms with van der Waals surface area (Å²) in [6.45, 7) is 0. The van der Waals surface area contributed by atoms with Crippen LogP contribution >= 0.6 is 0 Å². The molecule has 0 aliphatic heterocycles. The molecular weight excluding hydrogens is 301 g/mol. The first-order valence-electron chi connectivity index (χ1n) is 5.62. The molecule has 0 bridgehead atoms. The van der Waals surface area contributed by atoms with Crippen molar-refractivity contribution in [2.24, 2.45) is 0 Å². The fourth-order valence-corrected chi connectivity index (χ4v) is 2.91. The van der Waals surface area contributed by atoms with Crippen LogP contribution in [0.2, 0.25) is 0 Å². The van der Waals surface area contributed by atoms with Crippen molar-refractivity contribution in [3.63, 3.8) is 0 Å². The minimum absolute atomic E-state index is 0.0366. The van der Waals surface area contributed by atoms with Crippen molar-refractivity contribution in [1.82, 2.24) is 0 Å². The molecule has 2 aromatic carbocycles. The molecule has 2 aromatic rings. The summed E-state index contributed by atoms with van der Waals surface area (Å²) in [4.78, 5) is 9.42. The van der Waals surface area contributed by atoms with Crippen molar-refractivity contribution in [2.75, 3.05) is 10.5 Å². The van der Waals surface area contributed by atoms with Crippen molar-refractivity contribution in [2.45, 2.75) is 4.90 Å². The Morgan fingerprint density at radius 1 is 1.19 bits per heavy atom. The van der Waals surface area contributed by atoms with E-state index in [1.807, 2.05) is 4.72 Å². The van der Waals surface area contributed by atoms with Gasteiger partial charge in [-0.3, -0.25) is 14.8 Å². The Hall–Kier alpha value is -2.68. The maximum Gasteiger partial charge on any atom is 0.290 e. The summed E-state index contributed by atoms with van der Waals surface area (Å²) in [5.74, 6) is -0.798. The first-order valence-corrected chi connectivity index (χ1v) is 7.11. The summed E-state index contributed by atoms with van der Waals surface area (Å²) in [5.41, 5.74) is 4.54. The van der Waals surface area contributed by atoms with E-state index in [-0.39, 0.29) is 11.4 Å². The van der Waals surface area contributed by atoms with Crippen LogP contribution in [0.3, 0.4) is 0 Å². The Labute approximate surface area is 119 Å². The number of nitro groups is 1. The van der Waals surface area contributed by atoms with Gasteiger partial charge in [-0.05, 0) is 24.3 Å². The molecule has 0 atom stereocenters. The number of nitro benzene ring substituents is 1. The van der Waals surface area contributed by atoms with E-state index < -0.39 is 31.3 Å². The predicted molar refractivity (Wildman–Crippen MR) is 74.7 cm³/mol. The molecule has 110 valence electrons. The van der Waals surface area contributed by atoms with E-state index in [1.165, 1.54) is 24.3 Å². The number of para-hydroxylation sites is 1. The summed E-state index contributed by atoms with van der Waals surface area (Å²) < 4.78 is 39.8. The third-order valence-electron chi connectivity index (χ3n) is 2.59. The molecule has 0 saturated heterocycles. The van der Waals surface area contributed by atoms with Crippen molar-refractivity contribution >= 4 is 27.1 Å². The highest BCUT2D eigenvalue weighted by Crippen LogP contribution is 2.28. The minimum atomic E-state index is -4.35. The molecule has 0 radical (unpaired) electrons. The van der Waals surface area contributed by atoms with Gasteiger partial charge in [-0.1, -0.05) is 12.1 Å². The minimum Gasteiger partial charge on any atom is -0.399 e. The number of rotatable bonds is 4. The third-order valence-corrected chi connectivity index (χ3v) is 3.98. The summed E-state index contributed by atoms with van der Waals surface area (Å²) in [6.07, 6.45) is 0. The van der Waals surface area contributed by atoms with Gasteiger partial charge in [0.25, 0.3) is 15.7 Å². The van der Waals surface area contributed by atoms with E-state index in [4.69, 9.17) is 5.73 Å². The van der Waals surface area contributed by atoms with Crippen molar-refractivity contribution in [3.05, 3.63) is 58.4 Å². The van der Waals surface area contributed by atoms with Crippen LogP contribution in [-0.4, -0.2) is 13.3 Å². The van der Waals surface area contributed by atoms with Crippen LogP contribution in [-0.2, 0) is 10.0 Å².